The van der Waals surface area contributed by atoms with Gasteiger partial charge in [0.15, 0.2) is 0 Å². The van der Waals surface area contributed by atoms with Crippen LogP contribution < -0.4 is 0 Å². The smallest absolute Gasteiger partial charge is 0.251 e. The van der Waals surface area contributed by atoms with Crippen molar-refractivity contribution in [3.05, 3.63) is 19.2 Å². The lowest BCUT2D eigenvalue weighted by Gasteiger charge is -2.15. The van der Waals surface area contributed by atoms with Crippen LogP contribution in [0.2, 0.25) is 0 Å². The summed E-state index contributed by atoms with van der Waals surface area (Å²) in [6.07, 6.45) is -5.02. The number of hydrogen-bond acceptors (Lipinski definition) is 2. The molecule has 0 aliphatic rings. The monoisotopic (exact) mass is 200 g/mol. The minimum atomic E-state index is -5.69. The third kappa shape index (κ3) is 1.61. The minimum absolute atomic E-state index is 0.523. The minimum Gasteiger partial charge on any atom is -0.251 e. The highest BCUT2D eigenvalue weighted by atomic mass is 19.4. The Labute approximate surface area is 69.2 Å². The number of aromatic nitrogens is 3. The van der Waals surface area contributed by atoms with Gasteiger partial charge in [-0.15, -0.1) is 5.10 Å². The molecular weight excluding hydrogens is 197 g/mol. The maximum absolute atomic E-state index is 12.4. The average molecular weight is 200 g/mol. The van der Waals surface area contributed by atoms with Crippen LogP contribution in [-0.4, -0.2) is 20.9 Å². The molecule has 1 aromatic rings. The second-order valence-corrected chi connectivity index (χ2v) is 2.18. The maximum atomic E-state index is 12.4. The van der Waals surface area contributed by atoms with Crippen molar-refractivity contribution in [2.24, 2.45) is 0 Å². The Hall–Kier alpha value is -1.21. The van der Waals surface area contributed by atoms with E-state index in [2.05, 4.69) is 17.1 Å². The molecule has 0 bridgehead atoms. The van der Waals surface area contributed by atoms with Gasteiger partial charge >= 0.3 is 12.1 Å². The summed E-state index contributed by atoms with van der Waals surface area (Å²) in [5, 5.41) is 2.77. The van der Waals surface area contributed by atoms with Crippen molar-refractivity contribution in [1.82, 2.24) is 14.8 Å². The fourth-order valence-corrected chi connectivity index (χ4v) is 0.565. The molecule has 0 aliphatic carbocycles. The molecule has 73 valence electrons. The van der Waals surface area contributed by atoms with Crippen LogP contribution in [0.15, 0.2) is 6.33 Å². The summed E-state index contributed by atoms with van der Waals surface area (Å²) < 4.78 is 60.3. The number of halogens is 5. The normalized spacial score (nSPS) is 13.4. The molecule has 3 nitrogen and oxygen atoms in total. The molecule has 1 aromatic heterocycles. The Morgan fingerprint density at radius 2 is 1.77 bits per heavy atom. The number of rotatable bonds is 1. The topological polar surface area (TPSA) is 30.7 Å². The molecule has 0 atom stereocenters. The lowest BCUT2D eigenvalue weighted by atomic mass is 10.3. The summed E-state index contributed by atoms with van der Waals surface area (Å²) in [6.45, 7) is 0. The summed E-state index contributed by atoms with van der Waals surface area (Å²) in [6, 6.07) is 0. The predicted molar refractivity (Wildman–Crippen MR) is 30.7 cm³/mol. The third-order valence-corrected chi connectivity index (χ3v) is 1.17. The number of hydrogen-bond donors (Lipinski definition) is 0. The molecule has 0 saturated carbocycles. The van der Waals surface area contributed by atoms with Crippen LogP contribution >= 0.6 is 0 Å². The Morgan fingerprint density at radius 1 is 1.23 bits per heavy atom. The van der Waals surface area contributed by atoms with E-state index >= 15 is 0 Å². The molecule has 0 spiro atoms. The zero-order valence-corrected chi connectivity index (χ0v) is 6.02. The Bertz CT molecular complexity index is 301. The molecule has 0 aliphatic heterocycles. The Balaban J connectivity index is 3.07. The van der Waals surface area contributed by atoms with Gasteiger partial charge in [-0.1, -0.05) is 0 Å². The fraction of sp³-hybridized carbons (Fsp3) is 0.400. The SMILES string of the molecule is [CH2]n1cnc(C(F)(F)C(F)(F)F)n1. The molecule has 0 aromatic carbocycles. The van der Waals surface area contributed by atoms with Gasteiger partial charge in [0.1, 0.15) is 6.33 Å². The van der Waals surface area contributed by atoms with Crippen LogP contribution in [0.4, 0.5) is 22.0 Å². The molecule has 13 heavy (non-hydrogen) atoms. The second-order valence-electron chi connectivity index (χ2n) is 2.18. The first kappa shape index (κ1) is 9.87. The summed E-state index contributed by atoms with van der Waals surface area (Å²) in [4.78, 5) is 2.77. The van der Waals surface area contributed by atoms with E-state index < -0.39 is 17.9 Å². The molecule has 8 heteroatoms. The quantitative estimate of drug-likeness (QED) is 0.644. The third-order valence-electron chi connectivity index (χ3n) is 1.17. The van der Waals surface area contributed by atoms with Crippen LogP contribution in [0.1, 0.15) is 5.82 Å². The first-order chi connectivity index (χ1) is 5.75. The zero-order valence-electron chi connectivity index (χ0n) is 6.02. The van der Waals surface area contributed by atoms with Crippen molar-refractivity contribution < 1.29 is 22.0 Å². The van der Waals surface area contributed by atoms with E-state index in [1.807, 2.05) is 0 Å². The van der Waals surface area contributed by atoms with Gasteiger partial charge in [-0.05, 0) is 0 Å². The van der Waals surface area contributed by atoms with Crippen LogP contribution in [-0.2, 0) is 5.92 Å². The van der Waals surface area contributed by atoms with Crippen molar-refractivity contribution in [3.63, 3.8) is 0 Å². The molecule has 1 rings (SSSR count). The first-order valence-electron chi connectivity index (χ1n) is 2.92. The predicted octanol–water partition coefficient (Wildman–Crippen LogP) is 1.57. The average Bonchev–Trinajstić information content (AvgIpc) is 2.33. The Morgan fingerprint density at radius 3 is 2.08 bits per heavy atom. The summed E-state index contributed by atoms with van der Waals surface area (Å²) >= 11 is 0. The van der Waals surface area contributed by atoms with Crippen LogP contribution in [0.25, 0.3) is 0 Å². The van der Waals surface area contributed by atoms with Crippen molar-refractivity contribution in [3.8, 4) is 0 Å². The van der Waals surface area contributed by atoms with Gasteiger partial charge < -0.3 is 0 Å². The van der Waals surface area contributed by atoms with Gasteiger partial charge in [0.05, 0.1) is 7.05 Å². The van der Waals surface area contributed by atoms with Gasteiger partial charge in [-0.25, -0.2) is 4.98 Å². The Kier molecular flexibility index (Phi) is 2.01. The van der Waals surface area contributed by atoms with Crippen LogP contribution in [0, 0.1) is 7.05 Å². The molecule has 1 radical (unpaired) electrons. The number of alkyl halides is 5. The van der Waals surface area contributed by atoms with Crippen molar-refractivity contribution in [2.45, 2.75) is 12.1 Å². The van der Waals surface area contributed by atoms with Crippen molar-refractivity contribution in [1.29, 1.82) is 0 Å². The van der Waals surface area contributed by atoms with Gasteiger partial charge in [0.25, 0.3) is 0 Å². The summed E-state index contributed by atoms with van der Waals surface area (Å²) in [7, 11) is 2.98. The zero-order chi connectivity index (χ0) is 10.3. The van der Waals surface area contributed by atoms with E-state index in [9.17, 15) is 22.0 Å². The highest BCUT2D eigenvalue weighted by Gasteiger charge is 2.61. The van der Waals surface area contributed by atoms with Gasteiger partial charge in [0, 0.05) is 0 Å². The van der Waals surface area contributed by atoms with Crippen molar-refractivity contribution >= 4 is 0 Å². The molecule has 0 amide bonds. The lowest BCUT2D eigenvalue weighted by Crippen LogP contribution is -2.34. The highest BCUT2D eigenvalue weighted by molar-refractivity contribution is 4.98. The number of nitrogens with zero attached hydrogens (tertiary/aromatic N) is 3. The fourth-order valence-electron chi connectivity index (χ4n) is 0.565. The summed E-state index contributed by atoms with van der Waals surface area (Å²) in [5.74, 6) is -6.63. The first-order valence-corrected chi connectivity index (χ1v) is 2.92. The molecular formula is C5H3F5N3. The molecule has 0 N–H and O–H groups in total. The van der Waals surface area contributed by atoms with E-state index in [1.54, 1.807) is 0 Å². The van der Waals surface area contributed by atoms with E-state index in [0.29, 0.717) is 11.0 Å². The molecule has 0 saturated heterocycles. The van der Waals surface area contributed by atoms with E-state index in [1.165, 1.54) is 0 Å². The van der Waals surface area contributed by atoms with Crippen LogP contribution in [0.3, 0.4) is 0 Å². The van der Waals surface area contributed by atoms with E-state index in [0.717, 1.165) is 0 Å². The summed E-state index contributed by atoms with van der Waals surface area (Å²) in [5.41, 5.74) is 0. The van der Waals surface area contributed by atoms with Crippen molar-refractivity contribution in [2.75, 3.05) is 0 Å². The highest BCUT2D eigenvalue weighted by Crippen LogP contribution is 2.41. The van der Waals surface area contributed by atoms with Gasteiger partial charge in [-0.2, -0.15) is 22.0 Å². The van der Waals surface area contributed by atoms with Crippen LogP contribution in [0.5, 0.6) is 0 Å². The van der Waals surface area contributed by atoms with Gasteiger partial charge in [0.2, 0.25) is 5.82 Å². The maximum Gasteiger partial charge on any atom is 0.461 e. The molecule has 0 unspecified atom stereocenters. The second kappa shape index (κ2) is 2.64. The molecule has 0 fully saturated rings. The largest absolute Gasteiger partial charge is 0.461 e. The van der Waals surface area contributed by atoms with Gasteiger partial charge in [-0.3, -0.25) is 4.68 Å². The van der Waals surface area contributed by atoms with E-state index in [-0.39, 0.29) is 0 Å². The van der Waals surface area contributed by atoms with E-state index in [4.69, 9.17) is 0 Å². The lowest BCUT2D eigenvalue weighted by molar-refractivity contribution is -0.292. The molecule has 1 heterocycles. The standard InChI is InChI=1S/C5H3F5N3/c1-13-2-11-3(12-13)4(6,7)5(8,9)10/h2H,1H2.